The van der Waals surface area contributed by atoms with Crippen molar-refractivity contribution in [2.75, 3.05) is 6.54 Å². The number of hydrogen-bond acceptors (Lipinski definition) is 4. The lowest BCUT2D eigenvalue weighted by Gasteiger charge is -2.37. The molecular weight excluding hydrogens is 280 g/mol. The Hall–Kier alpha value is -1.36. The Kier molecular flexibility index (Phi) is 3.68. The summed E-state index contributed by atoms with van der Waals surface area (Å²) >= 11 is 0. The fourth-order valence-corrected chi connectivity index (χ4v) is 4.29. The van der Waals surface area contributed by atoms with Crippen molar-refractivity contribution in [1.82, 2.24) is 10.1 Å². The molecule has 1 aromatic heterocycles. The maximum atomic E-state index is 13.0. The maximum absolute atomic E-state index is 13.0. The van der Waals surface area contributed by atoms with Gasteiger partial charge in [0.25, 0.3) is 5.91 Å². The van der Waals surface area contributed by atoms with Crippen LogP contribution < -0.4 is 0 Å². The van der Waals surface area contributed by atoms with Gasteiger partial charge in [-0.3, -0.25) is 4.79 Å². The van der Waals surface area contributed by atoms with Crippen LogP contribution in [-0.2, 0) is 0 Å². The highest BCUT2D eigenvalue weighted by molar-refractivity contribution is 5.95. The molecule has 120 valence electrons. The van der Waals surface area contributed by atoms with Gasteiger partial charge in [-0.05, 0) is 38.5 Å². The second-order valence-electron chi connectivity index (χ2n) is 7.11. The third kappa shape index (κ3) is 2.45. The fraction of sp³-hybridized carbons (Fsp3) is 0.765. The van der Waals surface area contributed by atoms with E-state index in [2.05, 4.69) is 5.16 Å². The van der Waals surface area contributed by atoms with Gasteiger partial charge in [0.15, 0.2) is 0 Å². The lowest BCUT2D eigenvalue weighted by Crippen LogP contribution is -2.45. The number of aromatic nitrogens is 1. The summed E-state index contributed by atoms with van der Waals surface area (Å²) in [6.45, 7) is 0.794. The highest BCUT2D eigenvalue weighted by Gasteiger charge is 2.41. The zero-order chi connectivity index (χ0) is 15.1. The minimum Gasteiger partial charge on any atom is -0.393 e. The number of amides is 1. The highest BCUT2D eigenvalue weighted by Crippen LogP contribution is 2.42. The van der Waals surface area contributed by atoms with Gasteiger partial charge in [-0.25, -0.2) is 0 Å². The maximum Gasteiger partial charge on any atom is 0.259 e. The number of rotatable bonds is 3. The summed E-state index contributed by atoms with van der Waals surface area (Å²) < 4.78 is 5.08. The smallest absolute Gasteiger partial charge is 0.259 e. The van der Waals surface area contributed by atoms with Crippen molar-refractivity contribution in [3.63, 3.8) is 0 Å². The zero-order valence-electron chi connectivity index (χ0n) is 12.9. The molecule has 2 aliphatic carbocycles. The van der Waals surface area contributed by atoms with Gasteiger partial charge in [-0.2, -0.15) is 0 Å². The Balaban J connectivity index is 1.55. The molecule has 5 heteroatoms. The molecule has 4 rings (SSSR count). The Morgan fingerprint density at radius 3 is 2.77 bits per heavy atom. The van der Waals surface area contributed by atoms with E-state index in [1.165, 1.54) is 12.7 Å². The monoisotopic (exact) mass is 304 g/mol. The molecule has 5 nitrogen and oxygen atoms in total. The predicted molar refractivity (Wildman–Crippen MR) is 80.5 cm³/mol. The summed E-state index contributed by atoms with van der Waals surface area (Å²) in [5, 5.41) is 14.4. The van der Waals surface area contributed by atoms with E-state index in [9.17, 15) is 9.90 Å². The number of nitrogens with zero attached hydrogens (tertiary/aromatic N) is 2. The molecule has 0 radical (unpaired) electrons. The van der Waals surface area contributed by atoms with Gasteiger partial charge >= 0.3 is 0 Å². The summed E-state index contributed by atoms with van der Waals surface area (Å²) in [6.07, 6.45) is 9.71. The van der Waals surface area contributed by atoms with Crippen molar-refractivity contribution in [2.24, 2.45) is 5.92 Å². The van der Waals surface area contributed by atoms with Gasteiger partial charge in [-0.15, -0.1) is 0 Å². The summed E-state index contributed by atoms with van der Waals surface area (Å²) in [4.78, 5) is 14.9. The first-order chi connectivity index (χ1) is 10.8. The van der Waals surface area contributed by atoms with E-state index in [1.807, 2.05) is 4.90 Å². The summed E-state index contributed by atoms with van der Waals surface area (Å²) in [5.41, 5.74) is 1.50. The van der Waals surface area contributed by atoms with Crippen LogP contribution in [-0.4, -0.2) is 39.8 Å². The predicted octanol–water partition coefficient (Wildman–Crippen LogP) is 2.71. The molecule has 3 atom stereocenters. The van der Waals surface area contributed by atoms with Crippen LogP contribution >= 0.6 is 0 Å². The minimum absolute atomic E-state index is 0.0587. The van der Waals surface area contributed by atoms with Crippen LogP contribution in [0.3, 0.4) is 0 Å². The van der Waals surface area contributed by atoms with E-state index in [-0.39, 0.29) is 24.0 Å². The first-order valence-corrected chi connectivity index (χ1v) is 8.69. The van der Waals surface area contributed by atoms with E-state index in [1.54, 1.807) is 0 Å². The van der Waals surface area contributed by atoms with Crippen LogP contribution in [0.2, 0.25) is 0 Å². The molecule has 1 saturated heterocycles. The average Bonchev–Trinajstić information content (AvgIpc) is 3.07. The van der Waals surface area contributed by atoms with E-state index < -0.39 is 0 Å². The van der Waals surface area contributed by atoms with Gasteiger partial charge in [0.2, 0.25) is 0 Å². The van der Waals surface area contributed by atoms with Crippen molar-refractivity contribution in [2.45, 2.75) is 69.4 Å². The quantitative estimate of drug-likeness (QED) is 0.932. The van der Waals surface area contributed by atoms with Gasteiger partial charge < -0.3 is 14.5 Å². The number of carbonyl (C=O) groups is 1. The topological polar surface area (TPSA) is 66.6 Å². The molecule has 1 amide bonds. The molecule has 3 aliphatic rings. The number of hydrogen-bond donors (Lipinski definition) is 1. The molecule has 0 aromatic carbocycles. The molecule has 1 aliphatic heterocycles. The van der Waals surface area contributed by atoms with Gasteiger partial charge in [0, 0.05) is 24.4 Å². The Labute approximate surface area is 130 Å². The molecule has 0 spiro atoms. The molecule has 1 N–H and O–H groups in total. The third-order valence-electron chi connectivity index (χ3n) is 5.63. The van der Waals surface area contributed by atoms with Crippen LogP contribution in [0.15, 0.2) is 10.8 Å². The van der Waals surface area contributed by atoms with Crippen LogP contribution in [0.4, 0.5) is 0 Å². The van der Waals surface area contributed by atoms with E-state index >= 15 is 0 Å². The Bertz CT molecular complexity index is 552. The van der Waals surface area contributed by atoms with E-state index in [4.69, 9.17) is 4.52 Å². The third-order valence-corrected chi connectivity index (χ3v) is 5.63. The molecule has 2 heterocycles. The molecule has 1 aromatic rings. The minimum atomic E-state index is -0.252. The zero-order valence-corrected chi connectivity index (χ0v) is 12.9. The lowest BCUT2D eigenvalue weighted by molar-refractivity contribution is 0.0211. The van der Waals surface area contributed by atoms with Crippen LogP contribution in [0.1, 0.15) is 73.3 Å². The van der Waals surface area contributed by atoms with Crippen LogP contribution in [0.25, 0.3) is 0 Å². The normalized spacial score (nSPS) is 32.4. The molecule has 3 fully saturated rings. The summed E-state index contributed by atoms with van der Waals surface area (Å²) in [5.74, 6) is 0.715. The number of aliphatic hydroxyl groups excluding tert-OH is 1. The largest absolute Gasteiger partial charge is 0.393 e. The molecule has 0 bridgehead atoms. The summed E-state index contributed by atoms with van der Waals surface area (Å²) in [6, 6.07) is 0.185. The lowest BCUT2D eigenvalue weighted by atomic mass is 9.80. The molecule has 2 saturated carbocycles. The van der Waals surface area contributed by atoms with Crippen molar-refractivity contribution in [3.8, 4) is 0 Å². The molecule has 22 heavy (non-hydrogen) atoms. The van der Waals surface area contributed by atoms with Crippen molar-refractivity contribution in [1.29, 1.82) is 0 Å². The first-order valence-electron chi connectivity index (χ1n) is 8.69. The number of likely N-dealkylation sites (tertiary alicyclic amines) is 1. The summed E-state index contributed by atoms with van der Waals surface area (Å²) in [7, 11) is 0. The number of aliphatic hydroxyl groups is 1. The second-order valence-corrected chi connectivity index (χ2v) is 7.11. The highest BCUT2D eigenvalue weighted by atomic mass is 16.5. The van der Waals surface area contributed by atoms with Crippen molar-refractivity contribution >= 4 is 5.91 Å². The van der Waals surface area contributed by atoms with Crippen molar-refractivity contribution in [3.05, 3.63) is 17.5 Å². The SMILES string of the molecule is O=C(c1conc1C1CC1)N1CCC[C@@H]1[C@@H]1CCCC[C@H]1O. The van der Waals surface area contributed by atoms with Crippen molar-refractivity contribution < 1.29 is 14.4 Å². The van der Waals surface area contributed by atoms with Crippen LogP contribution in [0, 0.1) is 5.92 Å². The Morgan fingerprint density at radius 2 is 2.00 bits per heavy atom. The average molecular weight is 304 g/mol. The van der Waals surface area contributed by atoms with E-state index in [0.717, 1.165) is 57.2 Å². The van der Waals surface area contributed by atoms with Gasteiger partial charge in [0.1, 0.15) is 11.8 Å². The van der Waals surface area contributed by atoms with Gasteiger partial charge in [-0.1, -0.05) is 18.0 Å². The standard InChI is InChI=1S/C17H24N2O3/c20-15-6-2-1-4-12(15)14-5-3-9-19(14)17(21)13-10-22-18-16(13)11-7-8-11/h10-12,14-15,20H,1-9H2/t12-,14+,15+/m0/s1. The fourth-order valence-electron chi connectivity index (χ4n) is 4.29. The Morgan fingerprint density at radius 1 is 1.18 bits per heavy atom. The van der Waals surface area contributed by atoms with Crippen LogP contribution in [0.5, 0.6) is 0 Å². The van der Waals surface area contributed by atoms with Gasteiger partial charge in [0.05, 0.1) is 11.8 Å². The van der Waals surface area contributed by atoms with E-state index in [0.29, 0.717) is 11.5 Å². The second kappa shape index (κ2) is 5.69. The molecule has 0 unspecified atom stereocenters. The first kappa shape index (κ1) is 14.2. The number of carbonyl (C=O) groups excluding carboxylic acids is 1. The molecular formula is C17H24N2O3.